The van der Waals surface area contributed by atoms with Gasteiger partial charge in [0.2, 0.25) is 0 Å². The van der Waals surface area contributed by atoms with Crippen LogP contribution in [0, 0.1) is 0 Å². The molecule has 176 valence electrons. The fraction of sp³-hybridized carbons (Fsp3) is 0.565. The molecule has 0 saturated carbocycles. The number of amides is 1. The van der Waals surface area contributed by atoms with Gasteiger partial charge >= 0.3 is 18.0 Å². The van der Waals surface area contributed by atoms with Crippen LogP contribution in [0.25, 0.3) is 5.65 Å². The maximum atomic E-state index is 12.7. The molecular formula is C23H33N3O6. The number of carbonyl (C=O) groups is 3. The van der Waals surface area contributed by atoms with E-state index < -0.39 is 35.3 Å². The predicted octanol–water partition coefficient (Wildman–Crippen LogP) is 3.68. The van der Waals surface area contributed by atoms with Crippen molar-refractivity contribution < 1.29 is 28.6 Å². The van der Waals surface area contributed by atoms with Crippen molar-refractivity contribution in [1.82, 2.24) is 14.7 Å². The summed E-state index contributed by atoms with van der Waals surface area (Å²) in [5, 5.41) is 2.62. The van der Waals surface area contributed by atoms with Crippen LogP contribution < -0.4 is 5.32 Å². The van der Waals surface area contributed by atoms with Crippen LogP contribution in [0.4, 0.5) is 4.79 Å². The lowest BCUT2D eigenvalue weighted by atomic mass is 10.1. The Kier molecular flexibility index (Phi) is 7.87. The van der Waals surface area contributed by atoms with Gasteiger partial charge in [0.1, 0.15) is 22.9 Å². The summed E-state index contributed by atoms with van der Waals surface area (Å²) in [4.78, 5) is 41.4. The first-order chi connectivity index (χ1) is 14.8. The molecule has 0 bridgehead atoms. The average Bonchev–Trinajstić information content (AvgIpc) is 3.07. The highest BCUT2D eigenvalue weighted by Gasteiger charge is 2.28. The Bertz CT molecular complexity index is 968. The van der Waals surface area contributed by atoms with Crippen LogP contribution in [0.2, 0.25) is 0 Å². The number of esters is 2. The van der Waals surface area contributed by atoms with Crippen LogP contribution in [0.3, 0.4) is 0 Å². The standard InChI is InChI=1S/C23H33N3O6/c1-8-30-19(27)17-14-26-15(10-9-11-18(26)24-17)12-13-16(20(28)31-22(2,3)4)25-21(29)32-23(5,6)7/h9-11,14,16H,8,12-13H2,1-7H3,(H,25,29)/t16-/m0/s1. The fourth-order valence-electron chi connectivity index (χ4n) is 2.94. The van der Waals surface area contributed by atoms with Gasteiger partial charge in [0.05, 0.1) is 6.61 Å². The molecule has 32 heavy (non-hydrogen) atoms. The Morgan fingerprint density at radius 2 is 1.72 bits per heavy atom. The van der Waals surface area contributed by atoms with E-state index in [0.29, 0.717) is 12.1 Å². The van der Waals surface area contributed by atoms with Gasteiger partial charge in [-0.05, 0) is 73.4 Å². The Morgan fingerprint density at radius 1 is 1.06 bits per heavy atom. The molecule has 2 aromatic rings. The molecule has 1 N–H and O–H groups in total. The molecule has 2 aromatic heterocycles. The Hall–Kier alpha value is -3.10. The van der Waals surface area contributed by atoms with Crippen LogP contribution in [-0.2, 0) is 25.4 Å². The third-order valence-corrected chi connectivity index (χ3v) is 4.13. The molecule has 0 aromatic carbocycles. The first kappa shape index (κ1) is 25.2. The number of rotatable bonds is 7. The van der Waals surface area contributed by atoms with E-state index in [2.05, 4.69) is 10.3 Å². The topological polar surface area (TPSA) is 108 Å². The highest BCUT2D eigenvalue weighted by atomic mass is 16.6. The number of alkyl carbamates (subject to hydrolysis) is 1. The van der Waals surface area contributed by atoms with Gasteiger partial charge < -0.3 is 23.9 Å². The third-order valence-electron chi connectivity index (χ3n) is 4.13. The maximum absolute atomic E-state index is 12.7. The fourth-order valence-corrected chi connectivity index (χ4v) is 2.94. The van der Waals surface area contributed by atoms with Crippen molar-refractivity contribution in [1.29, 1.82) is 0 Å². The summed E-state index contributed by atoms with van der Waals surface area (Å²) < 4.78 is 17.6. The number of imidazole rings is 1. The zero-order valence-electron chi connectivity index (χ0n) is 19.9. The second-order valence-corrected chi connectivity index (χ2v) is 9.36. The molecule has 0 fully saturated rings. The van der Waals surface area contributed by atoms with E-state index in [1.165, 1.54) is 0 Å². The van der Waals surface area contributed by atoms with E-state index in [0.717, 1.165) is 5.69 Å². The summed E-state index contributed by atoms with van der Waals surface area (Å²) >= 11 is 0. The van der Waals surface area contributed by atoms with E-state index in [-0.39, 0.29) is 18.7 Å². The second-order valence-electron chi connectivity index (χ2n) is 9.36. The highest BCUT2D eigenvalue weighted by molar-refractivity contribution is 5.88. The largest absolute Gasteiger partial charge is 0.461 e. The number of hydrogen-bond donors (Lipinski definition) is 1. The molecule has 0 spiro atoms. The minimum Gasteiger partial charge on any atom is -0.461 e. The van der Waals surface area contributed by atoms with Crippen LogP contribution in [0.5, 0.6) is 0 Å². The van der Waals surface area contributed by atoms with E-state index in [4.69, 9.17) is 14.2 Å². The molecule has 9 heteroatoms. The van der Waals surface area contributed by atoms with Crippen molar-refractivity contribution in [3.05, 3.63) is 35.8 Å². The van der Waals surface area contributed by atoms with Crippen molar-refractivity contribution in [3.8, 4) is 0 Å². The smallest absolute Gasteiger partial charge is 0.408 e. The molecular weight excluding hydrogens is 414 g/mol. The minimum atomic E-state index is -0.910. The Morgan fingerprint density at radius 3 is 2.31 bits per heavy atom. The normalized spacial score (nSPS) is 12.8. The number of hydrogen-bond acceptors (Lipinski definition) is 7. The Labute approximate surface area is 188 Å². The van der Waals surface area contributed by atoms with Crippen molar-refractivity contribution >= 4 is 23.7 Å². The van der Waals surface area contributed by atoms with Crippen LogP contribution in [0.15, 0.2) is 24.4 Å². The van der Waals surface area contributed by atoms with Gasteiger partial charge in [0, 0.05) is 11.9 Å². The number of carbonyl (C=O) groups excluding carboxylic acids is 3. The number of aryl methyl sites for hydroxylation is 1. The summed E-state index contributed by atoms with van der Waals surface area (Å²) in [5.74, 6) is -1.05. The molecule has 0 unspecified atom stereocenters. The highest BCUT2D eigenvalue weighted by Crippen LogP contribution is 2.16. The zero-order valence-corrected chi connectivity index (χ0v) is 19.9. The molecule has 0 saturated heterocycles. The number of pyridine rings is 1. The first-order valence-electron chi connectivity index (χ1n) is 10.7. The summed E-state index contributed by atoms with van der Waals surface area (Å²) in [6.07, 6.45) is 1.58. The van der Waals surface area contributed by atoms with Gasteiger partial charge in [-0.3, -0.25) is 0 Å². The van der Waals surface area contributed by atoms with E-state index in [1.807, 2.05) is 12.1 Å². The minimum absolute atomic E-state index is 0.204. The summed E-state index contributed by atoms with van der Waals surface area (Å²) in [6.45, 7) is 12.5. The van der Waals surface area contributed by atoms with Crippen molar-refractivity contribution in [2.75, 3.05) is 6.61 Å². The summed E-state index contributed by atoms with van der Waals surface area (Å²) in [6, 6.07) is 4.54. The molecule has 2 heterocycles. The van der Waals surface area contributed by atoms with Crippen LogP contribution >= 0.6 is 0 Å². The van der Waals surface area contributed by atoms with Gasteiger partial charge in [0.25, 0.3) is 0 Å². The summed E-state index contributed by atoms with van der Waals surface area (Å²) in [5.41, 5.74) is 0.192. The van der Waals surface area contributed by atoms with Gasteiger partial charge in [-0.2, -0.15) is 0 Å². The van der Waals surface area contributed by atoms with E-state index >= 15 is 0 Å². The molecule has 2 rings (SSSR count). The van der Waals surface area contributed by atoms with Crippen molar-refractivity contribution in [3.63, 3.8) is 0 Å². The average molecular weight is 448 g/mol. The van der Waals surface area contributed by atoms with Crippen molar-refractivity contribution in [2.45, 2.75) is 78.6 Å². The van der Waals surface area contributed by atoms with Gasteiger partial charge in [-0.15, -0.1) is 0 Å². The second kappa shape index (κ2) is 10.0. The monoisotopic (exact) mass is 447 g/mol. The van der Waals surface area contributed by atoms with Crippen LogP contribution in [-0.4, -0.2) is 51.3 Å². The quantitative estimate of drug-likeness (QED) is 0.509. The molecule has 0 aliphatic rings. The van der Waals surface area contributed by atoms with Crippen molar-refractivity contribution in [2.24, 2.45) is 0 Å². The van der Waals surface area contributed by atoms with E-state index in [1.54, 1.807) is 65.1 Å². The van der Waals surface area contributed by atoms with E-state index in [9.17, 15) is 14.4 Å². The van der Waals surface area contributed by atoms with Gasteiger partial charge in [0.15, 0.2) is 5.69 Å². The molecule has 0 radical (unpaired) electrons. The Balaban J connectivity index is 2.22. The third kappa shape index (κ3) is 7.55. The zero-order chi connectivity index (χ0) is 24.1. The predicted molar refractivity (Wildman–Crippen MR) is 118 cm³/mol. The molecule has 1 atom stereocenters. The van der Waals surface area contributed by atoms with Gasteiger partial charge in [-0.25, -0.2) is 19.4 Å². The maximum Gasteiger partial charge on any atom is 0.408 e. The molecule has 9 nitrogen and oxygen atoms in total. The SMILES string of the molecule is CCOC(=O)c1cn2c(CC[C@H](NC(=O)OC(C)(C)C)C(=O)OC(C)(C)C)cccc2n1. The number of nitrogens with one attached hydrogen (secondary N) is 1. The molecule has 1 amide bonds. The number of fused-ring (bicyclic) bond motifs is 1. The number of ether oxygens (including phenoxy) is 3. The lowest BCUT2D eigenvalue weighted by Crippen LogP contribution is -2.46. The summed E-state index contributed by atoms with van der Waals surface area (Å²) in [7, 11) is 0. The molecule has 0 aliphatic carbocycles. The first-order valence-corrected chi connectivity index (χ1v) is 10.7. The lowest BCUT2D eigenvalue weighted by molar-refractivity contribution is -0.157. The number of nitrogens with zero attached hydrogens (tertiary/aromatic N) is 2. The lowest BCUT2D eigenvalue weighted by Gasteiger charge is -2.26. The molecule has 0 aliphatic heterocycles. The van der Waals surface area contributed by atoms with Gasteiger partial charge in [-0.1, -0.05) is 6.07 Å². The van der Waals surface area contributed by atoms with Crippen LogP contribution in [0.1, 0.15) is 71.1 Å². The number of aromatic nitrogens is 2.